The molecule has 2 saturated heterocycles. The first-order valence-electron chi connectivity index (χ1n) is 15.0. The van der Waals surface area contributed by atoms with E-state index in [2.05, 4.69) is 24.3 Å². The number of hydrogen-bond acceptors (Lipinski definition) is 6. The summed E-state index contributed by atoms with van der Waals surface area (Å²) < 4.78 is 27.2. The van der Waals surface area contributed by atoms with Crippen LogP contribution < -0.4 is 10.9 Å². The van der Waals surface area contributed by atoms with Crippen molar-refractivity contribution >= 4 is 35.9 Å². The summed E-state index contributed by atoms with van der Waals surface area (Å²) in [5, 5.41) is 21.1. The quantitative estimate of drug-likeness (QED) is 0.255. The van der Waals surface area contributed by atoms with Crippen LogP contribution >= 0.6 is 0 Å². The Labute approximate surface area is 260 Å². The maximum absolute atomic E-state index is 9.56. The van der Waals surface area contributed by atoms with Gasteiger partial charge in [0.1, 0.15) is 0 Å². The Morgan fingerprint density at radius 1 is 0.477 bits per heavy atom. The van der Waals surface area contributed by atoms with E-state index in [0.29, 0.717) is 11.1 Å². The number of rotatable bonds is 4. The number of fused-ring (bicyclic) bond motifs is 1. The topological polar surface area (TPSA) is 84.5 Å². The van der Waals surface area contributed by atoms with Crippen molar-refractivity contribution in [3.63, 3.8) is 0 Å². The number of hydrogen-bond donors (Lipinski definition) is 0. The van der Waals surface area contributed by atoms with Gasteiger partial charge in [0, 0.05) is 0 Å². The van der Waals surface area contributed by atoms with Crippen molar-refractivity contribution in [3.8, 4) is 34.4 Å². The fraction of sp³-hybridized carbons (Fsp3) is 0.333. The van der Waals surface area contributed by atoms with Gasteiger partial charge < -0.3 is 18.6 Å². The highest BCUT2D eigenvalue weighted by molar-refractivity contribution is 6.78. The SMILES string of the molecule is CC1(C)OB(c2c(B3OC(C)(C)C(C)(C)O3)c(-c3ccc(C#N)cc3)c3ccccc3c2-c2ccc(C#N)cc2)OC1(C)C. The molecule has 2 aliphatic heterocycles. The van der Waals surface area contributed by atoms with Crippen molar-refractivity contribution in [2.75, 3.05) is 0 Å². The molecule has 0 unspecified atom stereocenters. The van der Waals surface area contributed by atoms with Crippen molar-refractivity contribution < 1.29 is 18.6 Å². The van der Waals surface area contributed by atoms with Gasteiger partial charge in [-0.15, -0.1) is 0 Å². The van der Waals surface area contributed by atoms with E-state index < -0.39 is 36.6 Å². The van der Waals surface area contributed by atoms with Crippen molar-refractivity contribution in [3.05, 3.63) is 83.9 Å². The summed E-state index contributed by atoms with van der Waals surface area (Å²) in [6.45, 7) is 16.4. The Hall–Kier alpha value is -3.91. The van der Waals surface area contributed by atoms with Crippen LogP contribution in [0, 0.1) is 22.7 Å². The molecule has 44 heavy (non-hydrogen) atoms. The van der Waals surface area contributed by atoms with Gasteiger partial charge in [-0.1, -0.05) is 48.5 Å². The lowest BCUT2D eigenvalue weighted by molar-refractivity contribution is 0.00578. The van der Waals surface area contributed by atoms with Crippen molar-refractivity contribution in [1.82, 2.24) is 0 Å². The molecule has 6 nitrogen and oxygen atoms in total. The normalized spacial score (nSPS) is 19.6. The zero-order valence-corrected chi connectivity index (χ0v) is 26.6. The molecular weight excluding hydrogens is 546 g/mol. The zero-order chi connectivity index (χ0) is 31.7. The van der Waals surface area contributed by atoms with Crippen molar-refractivity contribution in [2.45, 2.75) is 77.8 Å². The molecule has 0 amide bonds. The largest absolute Gasteiger partial charge is 0.495 e. The second kappa shape index (κ2) is 10.3. The number of benzene rings is 4. The molecule has 0 aromatic heterocycles. The summed E-state index contributed by atoms with van der Waals surface area (Å²) >= 11 is 0. The zero-order valence-electron chi connectivity index (χ0n) is 26.6. The molecule has 4 aromatic carbocycles. The predicted octanol–water partition coefficient (Wildman–Crippen LogP) is 6.52. The van der Waals surface area contributed by atoms with Gasteiger partial charge in [-0.05, 0) is 124 Å². The Morgan fingerprint density at radius 2 is 0.773 bits per heavy atom. The Bertz CT molecular complexity index is 1680. The van der Waals surface area contributed by atoms with Gasteiger partial charge in [-0.25, -0.2) is 0 Å². The molecule has 0 spiro atoms. The first-order chi connectivity index (χ1) is 20.7. The summed E-state index contributed by atoms with van der Waals surface area (Å²) in [5.74, 6) is 0. The summed E-state index contributed by atoms with van der Waals surface area (Å²) in [6.07, 6.45) is 0. The first kappa shape index (κ1) is 30.1. The fourth-order valence-electron chi connectivity index (χ4n) is 5.93. The Kier molecular flexibility index (Phi) is 7.07. The average Bonchev–Trinajstić information content (AvgIpc) is 3.34. The van der Waals surface area contributed by atoms with E-state index in [1.165, 1.54) is 0 Å². The predicted molar refractivity (Wildman–Crippen MR) is 176 cm³/mol. The molecule has 2 aliphatic rings. The molecule has 2 fully saturated rings. The third kappa shape index (κ3) is 4.74. The van der Waals surface area contributed by atoms with Gasteiger partial charge in [0.2, 0.25) is 0 Å². The molecule has 8 heteroatoms. The molecule has 0 N–H and O–H groups in total. The second-order valence-corrected chi connectivity index (χ2v) is 13.7. The molecule has 6 rings (SSSR count). The van der Waals surface area contributed by atoms with Gasteiger partial charge in [0.25, 0.3) is 0 Å². The summed E-state index contributed by atoms with van der Waals surface area (Å²) in [7, 11) is -1.50. The van der Waals surface area contributed by atoms with Crippen LogP contribution in [0.2, 0.25) is 0 Å². The van der Waals surface area contributed by atoms with Crippen LogP contribution in [-0.4, -0.2) is 36.6 Å². The van der Waals surface area contributed by atoms with Crippen LogP contribution in [0.5, 0.6) is 0 Å². The fourth-order valence-corrected chi connectivity index (χ4v) is 5.93. The maximum Gasteiger partial charge on any atom is 0.495 e. The van der Waals surface area contributed by atoms with Crippen molar-refractivity contribution in [2.24, 2.45) is 0 Å². The monoisotopic (exact) mass is 582 g/mol. The van der Waals surface area contributed by atoms with E-state index in [1.54, 1.807) is 0 Å². The smallest absolute Gasteiger partial charge is 0.399 e. The van der Waals surface area contributed by atoms with Gasteiger partial charge in [-0.2, -0.15) is 10.5 Å². The molecule has 0 aliphatic carbocycles. The van der Waals surface area contributed by atoms with Crippen LogP contribution in [0.3, 0.4) is 0 Å². The number of nitriles is 2. The van der Waals surface area contributed by atoms with Gasteiger partial charge in [0.05, 0.1) is 45.7 Å². The van der Waals surface area contributed by atoms with Gasteiger partial charge >= 0.3 is 14.2 Å². The maximum atomic E-state index is 9.56. The molecular formula is C36H36B2N2O4. The molecule has 4 aromatic rings. The van der Waals surface area contributed by atoms with E-state index in [0.717, 1.165) is 44.0 Å². The molecule has 0 radical (unpaired) electrons. The minimum Gasteiger partial charge on any atom is -0.399 e. The summed E-state index contributed by atoms with van der Waals surface area (Å²) in [4.78, 5) is 0. The molecule has 0 saturated carbocycles. The Morgan fingerprint density at radius 3 is 1.05 bits per heavy atom. The lowest BCUT2D eigenvalue weighted by Gasteiger charge is -2.32. The van der Waals surface area contributed by atoms with E-state index in [4.69, 9.17) is 18.6 Å². The minimum absolute atomic E-state index is 0.579. The van der Waals surface area contributed by atoms with E-state index in [1.807, 2.05) is 116 Å². The number of nitrogens with zero attached hydrogens (tertiary/aromatic N) is 2. The van der Waals surface area contributed by atoms with Gasteiger partial charge in [-0.3, -0.25) is 0 Å². The second-order valence-electron chi connectivity index (χ2n) is 13.7. The molecule has 0 atom stereocenters. The summed E-state index contributed by atoms with van der Waals surface area (Å²) in [5.41, 5.74) is 4.11. The van der Waals surface area contributed by atoms with Crippen LogP contribution in [0.1, 0.15) is 66.5 Å². The molecule has 220 valence electrons. The van der Waals surface area contributed by atoms with Crippen LogP contribution in [0.15, 0.2) is 72.8 Å². The van der Waals surface area contributed by atoms with E-state index in [9.17, 15) is 10.5 Å². The standard InChI is InChI=1S/C36H36B2N2O4/c1-33(2)34(3,4)42-37(41-33)31-29(25-17-13-23(21-39)14-18-25)27-11-9-10-12-28(27)30(26-19-15-24(22-40)16-20-26)32(31)38-43-35(5,6)36(7,8)44-38/h9-20H,1-8H3. The lowest BCUT2D eigenvalue weighted by Crippen LogP contribution is -2.53. The average molecular weight is 582 g/mol. The highest BCUT2D eigenvalue weighted by Gasteiger charge is 2.57. The van der Waals surface area contributed by atoms with E-state index >= 15 is 0 Å². The third-order valence-corrected chi connectivity index (χ3v) is 9.88. The van der Waals surface area contributed by atoms with E-state index in [-0.39, 0.29) is 0 Å². The minimum atomic E-state index is -0.749. The van der Waals surface area contributed by atoms with Crippen LogP contribution in [0.4, 0.5) is 0 Å². The molecule has 0 bridgehead atoms. The van der Waals surface area contributed by atoms with Crippen LogP contribution in [0.25, 0.3) is 33.0 Å². The van der Waals surface area contributed by atoms with Crippen LogP contribution in [-0.2, 0) is 18.6 Å². The summed E-state index contributed by atoms with van der Waals surface area (Å²) in [6, 6.07) is 28.0. The highest BCUT2D eigenvalue weighted by atomic mass is 16.7. The van der Waals surface area contributed by atoms with Crippen molar-refractivity contribution in [1.29, 1.82) is 10.5 Å². The first-order valence-corrected chi connectivity index (χ1v) is 15.0. The highest BCUT2D eigenvalue weighted by Crippen LogP contribution is 2.42. The molecule has 2 heterocycles. The van der Waals surface area contributed by atoms with Gasteiger partial charge in [0.15, 0.2) is 0 Å². The lowest BCUT2D eigenvalue weighted by atomic mass is 9.58. The third-order valence-electron chi connectivity index (χ3n) is 9.88. The Balaban J connectivity index is 1.78.